The molecule has 1 atom stereocenters. The lowest BCUT2D eigenvalue weighted by molar-refractivity contribution is 0.240. The van der Waals surface area contributed by atoms with Gasteiger partial charge in [0.15, 0.2) is 0 Å². The smallest absolute Gasteiger partial charge is 0.315 e. The van der Waals surface area contributed by atoms with Gasteiger partial charge < -0.3 is 20.9 Å². The van der Waals surface area contributed by atoms with Crippen LogP contribution in [0.25, 0.3) is 0 Å². The van der Waals surface area contributed by atoms with Crippen LogP contribution in [0, 0.1) is 0 Å². The zero-order chi connectivity index (χ0) is 20.6. The largest absolute Gasteiger partial charge is 0.365 e. The number of fused-ring (bicyclic) bond motifs is 1. The second kappa shape index (κ2) is 10.4. The van der Waals surface area contributed by atoms with Gasteiger partial charge in [-0.05, 0) is 36.1 Å². The van der Waals surface area contributed by atoms with Gasteiger partial charge in [0.1, 0.15) is 0 Å². The van der Waals surface area contributed by atoms with Crippen LogP contribution >= 0.6 is 0 Å². The van der Waals surface area contributed by atoms with E-state index in [1.165, 1.54) is 37.1 Å². The molecule has 1 unspecified atom stereocenters. The third kappa shape index (κ3) is 5.30. The average molecular weight is 408 g/mol. The zero-order valence-corrected chi connectivity index (χ0v) is 17.6. The molecule has 4 rings (SSSR count). The maximum Gasteiger partial charge on any atom is 0.315 e. The number of amides is 2. The summed E-state index contributed by atoms with van der Waals surface area (Å²) in [6.45, 7) is 4.64. The number of pyridine rings is 1. The van der Waals surface area contributed by atoms with Crippen molar-refractivity contribution in [1.29, 1.82) is 0 Å². The van der Waals surface area contributed by atoms with E-state index in [4.69, 9.17) is 0 Å². The number of carbonyl (C=O) groups is 1. The number of benzene rings is 1. The lowest BCUT2D eigenvalue weighted by Gasteiger charge is -2.37. The van der Waals surface area contributed by atoms with Crippen molar-refractivity contribution in [1.82, 2.24) is 20.9 Å². The highest BCUT2D eigenvalue weighted by atomic mass is 16.2. The first kappa shape index (κ1) is 20.7. The summed E-state index contributed by atoms with van der Waals surface area (Å²) in [5, 5.41) is 9.22. The lowest BCUT2D eigenvalue weighted by Crippen LogP contribution is -2.57. The molecule has 160 valence electrons. The standard InChI is InChI=1S/C24H33N5O/c30-24(28-15-19-8-7-12-25-14-19)27-13-6-2-1-3-9-20-18-29(21-16-26-17-21)23-11-5-4-10-22(20)23/h4-5,7-8,10-12,14,20-21,26H,1-3,6,9,13,15-18H2,(H2,27,28,30). The molecule has 0 aliphatic carbocycles. The number of anilines is 1. The summed E-state index contributed by atoms with van der Waals surface area (Å²) in [5.74, 6) is 0.665. The molecule has 1 aromatic carbocycles. The molecule has 2 aliphatic rings. The van der Waals surface area contributed by atoms with Crippen LogP contribution in [0.2, 0.25) is 0 Å². The van der Waals surface area contributed by atoms with E-state index in [2.05, 4.69) is 50.1 Å². The number of urea groups is 1. The van der Waals surface area contributed by atoms with Gasteiger partial charge in [0, 0.05) is 56.7 Å². The van der Waals surface area contributed by atoms with Crippen molar-refractivity contribution in [3.63, 3.8) is 0 Å². The van der Waals surface area contributed by atoms with E-state index in [1.54, 1.807) is 12.4 Å². The Balaban J connectivity index is 1.08. The maximum absolute atomic E-state index is 11.9. The second-order valence-corrected chi connectivity index (χ2v) is 8.39. The molecule has 3 N–H and O–H groups in total. The summed E-state index contributed by atoms with van der Waals surface area (Å²) in [6.07, 6.45) is 9.43. The Bertz CT molecular complexity index is 808. The van der Waals surface area contributed by atoms with Crippen molar-refractivity contribution in [2.75, 3.05) is 31.1 Å². The van der Waals surface area contributed by atoms with E-state index >= 15 is 0 Å². The molecule has 3 heterocycles. The molecule has 1 saturated heterocycles. The first-order chi connectivity index (χ1) is 14.8. The van der Waals surface area contributed by atoms with Crippen molar-refractivity contribution < 1.29 is 4.79 Å². The van der Waals surface area contributed by atoms with E-state index in [-0.39, 0.29) is 6.03 Å². The van der Waals surface area contributed by atoms with Crippen LogP contribution in [0.15, 0.2) is 48.8 Å². The normalized spacial score (nSPS) is 18.0. The summed E-state index contributed by atoms with van der Waals surface area (Å²) in [5.41, 5.74) is 4.00. The summed E-state index contributed by atoms with van der Waals surface area (Å²) in [4.78, 5) is 18.5. The van der Waals surface area contributed by atoms with Crippen molar-refractivity contribution in [3.8, 4) is 0 Å². The van der Waals surface area contributed by atoms with Crippen LogP contribution in [-0.2, 0) is 6.54 Å². The van der Waals surface area contributed by atoms with E-state index in [0.717, 1.165) is 38.0 Å². The number of nitrogens with one attached hydrogen (secondary N) is 3. The monoisotopic (exact) mass is 407 g/mol. The van der Waals surface area contributed by atoms with Gasteiger partial charge in [0.25, 0.3) is 0 Å². The Kier molecular flexibility index (Phi) is 7.19. The molecule has 30 heavy (non-hydrogen) atoms. The predicted octanol–water partition coefficient (Wildman–Crippen LogP) is 3.41. The SMILES string of the molecule is O=C(NCCCCCCC1CN(C2CNC2)c2ccccc21)NCc1cccnc1. The van der Waals surface area contributed by atoms with Crippen LogP contribution in [0.3, 0.4) is 0 Å². The number of carbonyl (C=O) groups excluding carboxylic acids is 1. The second-order valence-electron chi connectivity index (χ2n) is 8.39. The van der Waals surface area contributed by atoms with Gasteiger partial charge in [-0.2, -0.15) is 0 Å². The third-order valence-corrected chi connectivity index (χ3v) is 6.24. The Labute approximate surface area is 179 Å². The fourth-order valence-electron chi connectivity index (χ4n) is 4.43. The highest BCUT2D eigenvalue weighted by Gasteiger charge is 2.34. The molecule has 2 aliphatic heterocycles. The number of hydrogen-bond acceptors (Lipinski definition) is 4. The lowest BCUT2D eigenvalue weighted by atomic mass is 9.95. The number of hydrogen-bond donors (Lipinski definition) is 3. The maximum atomic E-state index is 11.9. The highest BCUT2D eigenvalue weighted by Crippen LogP contribution is 2.40. The van der Waals surface area contributed by atoms with Crippen LogP contribution < -0.4 is 20.9 Å². The average Bonchev–Trinajstić information content (AvgIpc) is 3.09. The summed E-state index contributed by atoms with van der Waals surface area (Å²) < 4.78 is 0. The molecule has 2 amide bonds. The van der Waals surface area contributed by atoms with Crippen LogP contribution in [0.4, 0.5) is 10.5 Å². The molecule has 1 aromatic heterocycles. The highest BCUT2D eigenvalue weighted by molar-refractivity contribution is 5.73. The Morgan fingerprint density at radius 1 is 1.07 bits per heavy atom. The van der Waals surface area contributed by atoms with Gasteiger partial charge >= 0.3 is 6.03 Å². The molecule has 6 heteroatoms. The van der Waals surface area contributed by atoms with Gasteiger partial charge in [-0.15, -0.1) is 0 Å². The topological polar surface area (TPSA) is 69.3 Å². The minimum absolute atomic E-state index is 0.105. The van der Waals surface area contributed by atoms with E-state index in [1.807, 2.05) is 12.1 Å². The molecule has 0 bridgehead atoms. The van der Waals surface area contributed by atoms with Crippen LogP contribution in [0.5, 0.6) is 0 Å². The predicted molar refractivity (Wildman–Crippen MR) is 121 cm³/mol. The van der Waals surface area contributed by atoms with Crippen molar-refractivity contribution in [2.24, 2.45) is 0 Å². The first-order valence-corrected chi connectivity index (χ1v) is 11.3. The van der Waals surface area contributed by atoms with Crippen LogP contribution in [-0.4, -0.2) is 43.2 Å². The van der Waals surface area contributed by atoms with Crippen molar-refractivity contribution >= 4 is 11.7 Å². The molecule has 0 spiro atoms. The van der Waals surface area contributed by atoms with Crippen molar-refractivity contribution in [2.45, 2.75) is 50.6 Å². The Morgan fingerprint density at radius 3 is 2.73 bits per heavy atom. The first-order valence-electron chi connectivity index (χ1n) is 11.3. The quantitative estimate of drug-likeness (QED) is 0.528. The minimum atomic E-state index is -0.105. The molecule has 2 aromatic rings. The summed E-state index contributed by atoms with van der Waals surface area (Å²) >= 11 is 0. The molecular formula is C24H33N5O. The van der Waals surface area contributed by atoms with E-state index < -0.39 is 0 Å². The Hall–Kier alpha value is -2.60. The Morgan fingerprint density at radius 2 is 1.93 bits per heavy atom. The van der Waals surface area contributed by atoms with Crippen LogP contribution in [0.1, 0.15) is 49.1 Å². The summed E-state index contributed by atoms with van der Waals surface area (Å²) in [7, 11) is 0. The van der Waals surface area contributed by atoms with E-state index in [9.17, 15) is 4.79 Å². The number of para-hydroxylation sites is 1. The fourth-order valence-corrected chi connectivity index (χ4v) is 4.43. The van der Waals surface area contributed by atoms with Gasteiger partial charge in [-0.3, -0.25) is 4.98 Å². The number of unbranched alkanes of at least 4 members (excludes halogenated alkanes) is 3. The van der Waals surface area contributed by atoms with E-state index in [0.29, 0.717) is 18.5 Å². The number of nitrogens with zero attached hydrogens (tertiary/aromatic N) is 2. The molecular weight excluding hydrogens is 374 g/mol. The van der Waals surface area contributed by atoms with Gasteiger partial charge in [0.05, 0.1) is 6.04 Å². The van der Waals surface area contributed by atoms with Gasteiger partial charge in [-0.25, -0.2) is 4.79 Å². The molecule has 1 fully saturated rings. The minimum Gasteiger partial charge on any atom is -0.365 e. The van der Waals surface area contributed by atoms with Crippen molar-refractivity contribution in [3.05, 3.63) is 59.9 Å². The number of aromatic nitrogens is 1. The third-order valence-electron chi connectivity index (χ3n) is 6.24. The zero-order valence-electron chi connectivity index (χ0n) is 17.6. The van der Waals surface area contributed by atoms with Gasteiger partial charge in [-0.1, -0.05) is 43.5 Å². The fraction of sp³-hybridized carbons (Fsp3) is 0.500. The summed E-state index contributed by atoms with van der Waals surface area (Å²) in [6, 6.07) is 13.4. The molecule has 0 radical (unpaired) electrons. The molecule has 6 nitrogen and oxygen atoms in total. The number of rotatable bonds is 10. The molecule has 0 saturated carbocycles. The van der Waals surface area contributed by atoms with Gasteiger partial charge in [0.2, 0.25) is 0 Å².